The summed E-state index contributed by atoms with van der Waals surface area (Å²) in [7, 11) is 1.86. The van der Waals surface area contributed by atoms with Gasteiger partial charge in [0.25, 0.3) is 5.91 Å². The van der Waals surface area contributed by atoms with Crippen LogP contribution in [0.25, 0.3) is 0 Å². The molecule has 98 valence electrons. The average Bonchev–Trinajstić information content (AvgIpc) is 3.21. The Bertz CT molecular complexity index is 443. The van der Waals surface area contributed by atoms with Gasteiger partial charge in [0.05, 0.1) is 0 Å². The highest BCUT2D eigenvalue weighted by Gasteiger charge is 2.30. The number of amides is 1. The van der Waals surface area contributed by atoms with Gasteiger partial charge in [0.2, 0.25) is 0 Å². The molecule has 0 aromatic carbocycles. The molecular weight excluding hydrogens is 228 g/mol. The summed E-state index contributed by atoms with van der Waals surface area (Å²) in [4.78, 5) is 18.4. The van der Waals surface area contributed by atoms with E-state index in [2.05, 4.69) is 17.3 Å². The summed E-state index contributed by atoms with van der Waals surface area (Å²) in [5.74, 6) is 5.99. The average molecular weight is 248 g/mol. The van der Waals surface area contributed by atoms with E-state index in [1.807, 2.05) is 18.0 Å². The van der Waals surface area contributed by atoms with Crippen molar-refractivity contribution in [2.45, 2.75) is 38.6 Å². The van der Waals surface area contributed by atoms with Crippen LogP contribution in [0, 0.1) is 0 Å². The maximum atomic E-state index is 12.3. The molecule has 1 aliphatic carbocycles. The van der Waals surface area contributed by atoms with Gasteiger partial charge in [0.15, 0.2) is 0 Å². The van der Waals surface area contributed by atoms with Crippen LogP contribution in [0.1, 0.15) is 42.2 Å². The number of pyridine rings is 1. The van der Waals surface area contributed by atoms with Gasteiger partial charge in [0.1, 0.15) is 5.82 Å². The third kappa shape index (κ3) is 2.79. The highest BCUT2D eigenvalue weighted by Crippen LogP contribution is 2.27. The van der Waals surface area contributed by atoms with E-state index < -0.39 is 0 Å². The highest BCUT2D eigenvalue weighted by molar-refractivity contribution is 5.95. The molecule has 0 atom stereocenters. The Labute approximate surface area is 107 Å². The predicted molar refractivity (Wildman–Crippen MR) is 71.2 cm³/mol. The van der Waals surface area contributed by atoms with Crippen molar-refractivity contribution < 1.29 is 4.79 Å². The van der Waals surface area contributed by atoms with Gasteiger partial charge in [-0.05, 0) is 31.4 Å². The molecule has 0 spiro atoms. The first-order chi connectivity index (χ1) is 8.65. The summed E-state index contributed by atoms with van der Waals surface area (Å²) in [6.45, 7) is 2.09. The number of carbonyl (C=O) groups is 1. The van der Waals surface area contributed by atoms with E-state index in [0.717, 1.165) is 31.4 Å². The second-order valence-electron chi connectivity index (χ2n) is 4.77. The molecule has 1 aromatic heterocycles. The second-order valence-corrected chi connectivity index (χ2v) is 4.77. The molecule has 2 rings (SSSR count). The lowest BCUT2D eigenvalue weighted by atomic mass is 10.1. The summed E-state index contributed by atoms with van der Waals surface area (Å²) in [6.07, 6.45) is 4.06. The van der Waals surface area contributed by atoms with Crippen molar-refractivity contribution in [2.24, 2.45) is 5.84 Å². The van der Waals surface area contributed by atoms with Gasteiger partial charge in [-0.1, -0.05) is 13.3 Å². The molecule has 0 bridgehead atoms. The van der Waals surface area contributed by atoms with Gasteiger partial charge < -0.3 is 10.3 Å². The van der Waals surface area contributed by atoms with E-state index in [1.165, 1.54) is 0 Å². The molecule has 1 fully saturated rings. The SMILES string of the molecule is CCCc1cc(C(=O)N(C)C2CC2)cc(NN)n1. The Morgan fingerprint density at radius 3 is 2.83 bits per heavy atom. The number of nitrogen functional groups attached to an aromatic ring is 1. The maximum absolute atomic E-state index is 12.3. The van der Waals surface area contributed by atoms with E-state index in [4.69, 9.17) is 5.84 Å². The maximum Gasteiger partial charge on any atom is 0.254 e. The third-order valence-corrected chi connectivity index (χ3v) is 3.19. The zero-order valence-electron chi connectivity index (χ0n) is 10.9. The van der Waals surface area contributed by atoms with E-state index in [-0.39, 0.29) is 5.91 Å². The molecule has 18 heavy (non-hydrogen) atoms. The van der Waals surface area contributed by atoms with Crippen molar-refractivity contribution in [2.75, 3.05) is 12.5 Å². The Hall–Kier alpha value is -1.62. The van der Waals surface area contributed by atoms with Gasteiger partial charge in [-0.3, -0.25) is 4.79 Å². The summed E-state index contributed by atoms with van der Waals surface area (Å²) < 4.78 is 0. The smallest absolute Gasteiger partial charge is 0.254 e. The van der Waals surface area contributed by atoms with E-state index >= 15 is 0 Å². The quantitative estimate of drug-likeness (QED) is 0.612. The summed E-state index contributed by atoms with van der Waals surface area (Å²) in [5.41, 5.74) is 4.09. The number of aromatic nitrogens is 1. The first kappa shape index (κ1) is 12.8. The molecule has 1 aliphatic rings. The number of nitrogens with zero attached hydrogens (tertiary/aromatic N) is 2. The molecule has 1 amide bonds. The normalized spacial score (nSPS) is 14.4. The lowest BCUT2D eigenvalue weighted by Gasteiger charge is -2.17. The number of anilines is 1. The lowest BCUT2D eigenvalue weighted by Crippen LogP contribution is -2.29. The highest BCUT2D eigenvalue weighted by atomic mass is 16.2. The number of hydrogen-bond acceptors (Lipinski definition) is 4. The van der Waals surface area contributed by atoms with Gasteiger partial charge in [-0.25, -0.2) is 10.8 Å². The first-order valence-electron chi connectivity index (χ1n) is 6.40. The fourth-order valence-corrected chi connectivity index (χ4v) is 2.00. The summed E-state index contributed by atoms with van der Waals surface area (Å²) in [6, 6.07) is 3.99. The zero-order valence-corrected chi connectivity index (χ0v) is 10.9. The molecule has 0 radical (unpaired) electrons. The summed E-state index contributed by atoms with van der Waals surface area (Å²) >= 11 is 0. The first-order valence-corrected chi connectivity index (χ1v) is 6.40. The number of hydrogen-bond donors (Lipinski definition) is 2. The van der Waals surface area contributed by atoms with E-state index in [0.29, 0.717) is 17.4 Å². The Morgan fingerprint density at radius 1 is 1.56 bits per heavy atom. The van der Waals surface area contributed by atoms with Crippen LogP contribution in [0.4, 0.5) is 5.82 Å². The molecule has 0 unspecified atom stereocenters. The van der Waals surface area contributed by atoms with Crippen molar-refractivity contribution in [3.05, 3.63) is 23.4 Å². The number of carbonyl (C=O) groups excluding carboxylic acids is 1. The van der Waals surface area contributed by atoms with Gasteiger partial charge in [0, 0.05) is 24.3 Å². The number of nitrogens with two attached hydrogens (primary N) is 1. The van der Waals surface area contributed by atoms with Crippen LogP contribution >= 0.6 is 0 Å². The predicted octanol–water partition coefficient (Wildman–Crippen LogP) is 1.55. The summed E-state index contributed by atoms with van der Waals surface area (Å²) in [5, 5.41) is 0. The van der Waals surface area contributed by atoms with Crippen LogP contribution in [0.15, 0.2) is 12.1 Å². The Morgan fingerprint density at radius 2 is 2.28 bits per heavy atom. The van der Waals surface area contributed by atoms with Crippen molar-refractivity contribution in [3.8, 4) is 0 Å². The minimum absolute atomic E-state index is 0.0498. The number of rotatable bonds is 5. The van der Waals surface area contributed by atoms with Crippen molar-refractivity contribution in [1.82, 2.24) is 9.88 Å². The second kappa shape index (κ2) is 5.35. The van der Waals surface area contributed by atoms with Crippen LogP contribution in [-0.2, 0) is 6.42 Å². The molecule has 5 heteroatoms. The number of hydrazine groups is 1. The van der Waals surface area contributed by atoms with Crippen LogP contribution < -0.4 is 11.3 Å². The minimum Gasteiger partial charge on any atom is -0.339 e. The molecule has 0 aliphatic heterocycles. The molecule has 0 saturated heterocycles. The third-order valence-electron chi connectivity index (χ3n) is 3.19. The monoisotopic (exact) mass is 248 g/mol. The molecule has 1 heterocycles. The van der Waals surface area contributed by atoms with Crippen LogP contribution in [-0.4, -0.2) is 28.9 Å². The van der Waals surface area contributed by atoms with Crippen LogP contribution in [0.2, 0.25) is 0 Å². The van der Waals surface area contributed by atoms with Gasteiger partial charge in [-0.15, -0.1) is 0 Å². The molecular formula is C13H20N4O. The van der Waals surface area contributed by atoms with Crippen molar-refractivity contribution in [3.63, 3.8) is 0 Å². The van der Waals surface area contributed by atoms with E-state index in [1.54, 1.807) is 6.07 Å². The lowest BCUT2D eigenvalue weighted by molar-refractivity contribution is 0.0785. The van der Waals surface area contributed by atoms with Gasteiger partial charge in [-0.2, -0.15) is 0 Å². The Balaban J connectivity index is 2.24. The van der Waals surface area contributed by atoms with Crippen molar-refractivity contribution >= 4 is 11.7 Å². The zero-order chi connectivity index (χ0) is 13.1. The molecule has 1 saturated carbocycles. The number of nitrogens with one attached hydrogen (secondary N) is 1. The Kier molecular flexibility index (Phi) is 3.81. The van der Waals surface area contributed by atoms with Crippen LogP contribution in [0.3, 0.4) is 0 Å². The van der Waals surface area contributed by atoms with Gasteiger partial charge >= 0.3 is 0 Å². The molecule has 1 aromatic rings. The number of aryl methyl sites for hydroxylation is 1. The van der Waals surface area contributed by atoms with Crippen molar-refractivity contribution in [1.29, 1.82) is 0 Å². The standard InChI is InChI=1S/C13H20N4O/c1-3-4-10-7-9(8-12(15-10)16-14)13(18)17(2)11-5-6-11/h7-8,11H,3-6,14H2,1-2H3,(H,15,16). The van der Waals surface area contributed by atoms with E-state index in [9.17, 15) is 4.79 Å². The molecule has 3 N–H and O–H groups in total. The fourth-order valence-electron chi connectivity index (χ4n) is 2.00. The fraction of sp³-hybridized carbons (Fsp3) is 0.538. The topological polar surface area (TPSA) is 71.2 Å². The van der Waals surface area contributed by atoms with Crippen LogP contribution in [0.5, 0.6) is 0 Å². The minimum atomic E-state index is 0.0498. The largest absolute Gasteiger partial charge is 0.339 e. The molecule has 5 nitrogen and oxygen atoms in total.